The van der Waals surface area contributed by atoms with Gasteiger partial charge < -0.3 is 15.5 Å². The molecule has 6 nitrogen and oxygen atoms in total. The first-order valence-corrected chi connectivity index (χ1v) is 6.40. The van der Waals surface area contributed by atoms with Crippen molar-refractivity contribution < 1.29 is 9.59 Å². The highest BCUT2D eigenvalue weighted by Gasteiger charge is 2.32. The van der Waals surface area contributed by atoms with Crippen LogP contribution in [-0.2, 0) is 4.79 Å². The molecular formula is C13H18N4O2. The number of carbonyl (C=O) groups is 2. The smallest absolute Gasteiger partial charge is 0.273 e. The number of rotatable bonds is 3. The van der Waals surface area contributed by atoms with E-state index in [-0.39, 0.29) is 11.8 Å². The molecule has 2 rings (SSSR count). The van der Waals surface area contributed by atoms with Gasteiger partial charge in [-0.2, -0.15) is 0 Å². The van der Waals surface area contributed by atoms with Gasteiger partial charge >= 0.3 is 0 Å². The van der Waals surface area contributed by atoms with Crippen LogP contribution in [-0.4, -0.2) is 47.9 Å². The van der Waals surface area contributed by atoms with Crippen LogP contribution in [0.1, 0.15) is 23.8 Å². The quantitative estimate of drug-likeness (QED) is 0.830. The van der Waals surface area contributed by atoms with Gasteiger partial charge in [-0.1, -0.05) is 6.92 Å². The number of nitrogens with one attached hydrogen (secondary N) is 2. The minimum absolute atomic E-state index is 0.0909. The zero-order valence-electron chi connectivity index (χ0n) is 11.1. The van der Waals surface area contributed by atoms with Gasteiger partial charge in [-0.15, -0.1) is 0 Å². The molecule has 0 saturated carbocycles. The first-order valence-electron chi connectivity index (χ1n) is 6.40. The summed E-state index contributed by atoms with van der Waals surface area (Å²) in [6.45, 7) is 2.91. The molecule has 1 aromatic heterocycles. The van der Waals surface area contributed by atoms with Crippen LogP contribution in [0.3, 0.4) is 0 Å². The Morgan fingerprint density at radius 1 is 1.63 bits per heavy atom. The number of piperazine rings is 1. The third-order valence-electron chi connectivity index (χ3n) is 3.25. The fraction of sp³-hybridized carbons (Fsp3) is 0.462. The Morgan fingerprint density at radius 3 is 3.11 bits per heavy atom. The normalized spacial score (nSPS) is 18.9. The Kier molecular flexibility index (Phi) is 3.99. The second-order valence-corrected chi connectivity index (χ2v) is 4.39. The number of anilines is 1. The Bertz CT molecular complexity index is 489. The topological polar surface area (TPSA) is 74.3 Å². The number of hydrogen-bond acceptors (Lipinski definition) is 4. The van der Waals surface area contributed by atoms with Crippen molar-refractivity contribution in [3.63, 3.8) is 0 Å². The minimum Gasteiger partial charge on any atom is -0.388 e. The van der Waals surface area contributed by atoms with E-state index >= 15 is 0 Å². The highest BCUT2D eigenvalue weighted by Crippen LogP contribution is 2.14. The summed E-state index contributed by atoms with van der Waals surface area (Å²) in [6, 6.07) is 3.08. The van der Waals surface area contributed by atoms with Gasteiger partial charge in [-0.05, 0) is 18.6 Å². The van der Waals surface area contributed by atoms with E-state index in [9.17, 15) is 9.59 Å². The van der Waals surface area contributed by atoms with Crippen molar-refractivity contribution in [2.45, 2.75) is 19.4 Å². The SMILES string of the molecule is CCC1C(=O)NCCN1C(=O)c1cc(NC)ccn1. The summed E-state index contributed by atoms with van der Waals surface area (Å²) in [5, 5.41) is 5.75. The molecule has 0 aliphatic carbocycles. The van der Waals surface area contributed by atoms with E-state index in [4.69, 9.17) is 0 Å². The van der Waals surface area contributed by atoms with Crippen LogP contribution in [0.15, 0.2) is 18.3 Å². The lowest BCUT2D eigenvalue weighted by molar-refractivity contribution is -0.127. The lowest BCUT2D eigenvalue weighted by atomic mass is 10.1. The molecule has 0 bridgehead atoms. The average molecular weight is 262 g/mol. The van der Waals surface area contributed by atoms with Crippen LogP contribution in [0, 0.1) is 0 Å². The average Bonchev–Trinajstić information content (AvgIpc) is 2.46. The summed E-state index contributed by atoms with van der Waals surface area (Å²) in [7, 11) is 1.78. The van der Waals surface area contributed by atoms with Crippen LogP contribution >= 0.6 is 0 Å². The van der Waals surface area contributed by atoms with E-state index in [1.165, 1.54) is 0 Å². The molecule has 102 valence electrons. The van der Waals surface area contributed by atoms with Gasteiger partial charge in [-0.3, -0.25) is 14.6 Å². The highest BCUT2D eigenvalue weighted by atomic mass is 16.2. The predicted octanol–water partition coefficient (Wildman–Crippen LogP) is 0.474. The molecule has 2 heterocycles. The fourth-order valence-electron chi connectivity index (χ4n) is 2.21. The third kappa shape index (κ3) is 2.67. The van der Waals surface area contributed by atoms with Crippen molar-refractivity contribution >= 4 is 17.5 Å². The molecule has 19 heavy (non-hydrogen) atoms. The summed E-state index contributed by atoms with van der Waals surface area (Å²) in [5.74, 6) is -0.286. The van der Waals surface area contributed by atoms with Gasteiger partial charge in [0.05, 0.1) is 0 Å². The van der Waals surface area contributed by atoms with Crippen molar-refractivity contribution in [3.05, 3.63) is 24.0 Å². The van der Waals surface area contributed by atoms with Crippen LogP contribution in [0.5, 0.6) is 0 Å². The second-order valence-electron chi connectivity index (χ2n) is 4.39. The molecule has 0 aromatic carbocycles. The van der Waals surface area contributed by atoms with E-state index in [0.717, 1.165) is 5.69 Å². The zero-order valence-corrected chi connectivity index (χ0v) is 11.1. The van der Waals surface area contributed by atoms with Crippen LogP contribution in [0.25, 0.3) is 0 Å². The van der Waals surface area contributed by atoms with E-state index in [2.05, 4.69) is 15.6 Å². The zero-order chi connectivity index (χ0) is 13.8. The fourth-order valence-corrected chi connectivity index (χ4v) is 2.21. The van der Waals surface area contributed by atoms with Crippen LogP contribution in [0.2, 0.25) is 0 Å². The lowest BCUT2D eigenvalue weighted by Gasteiger charge is -2.34. The Hall–Kier alpha value is -2.11. The van der Waals surface area contributed by atoms with Crippen molar-refractivity contribution in [3.8, 4) is 0 Å². The van der Waals surface area contributed by atoms with Crippen LogP contribution < -0.4 is 10.6 Å². The summed E-state index contributed by atoms with van der Waals surface area (Å²) in [6.07, 6.45) is 2.19. The van der Waals surface area contributed by atoms with E-state index in [1.807, 2.05) is 6.92 Å². The lowest BCUT2D eigenvalue weighted by Crippen LogP contribution is -2.57. The molecule has 1 aromatic rings. The number of pyridine rings is 1. The van der Waals surface area contributed by atoms with Crippen molar-refractivity contribution in [1.29, 1.82) is 0 Å². The first kappa shape index (κ1) is 13.3. The van der Waals surface area contributed by atoms with Gasteiger partial charge in [0.2, 0.25) is 5.91 Å². The van der Waals surface area contributed by atoms with Crippen molar-refractivity contribution in [2.75, 3.05) is 25.5 Å². The number of amides is 2. The first-order chi connectivity index (χ1) is 9.17. The molecule has 1 aliphatic rings. The Labute approximate surface area is 112 Å². The molecule has 1 unspecified atom stereocenters. The van der Waals surface area contributed by atoms with Crippen molar-refractivity contribution in [1.82, 2.24) is 15.2 Å². The Morgan fingerprint density at radius 2 is 2.42 bits per heavy atom. The maximum atomic E-state index is 12.4. The molecule has 1 atom stereocenters. The summed E-state index contributed by atoms with van der Waals surface area (Å²) < 4.78 is 0. The molecule has 2 N–H and O–H groups in total. The summed E-state index contributed by atoms with van der Waals surface area (Å²) >= 11 is 0. The molecule has 0 spiro atoms. The largest absolute Gasteiger partial charge is 0.388 e. The van der Waals surface area contributed by atoms with Gasteiger partial charge in [-0.25, -0.2) is 0 Å². The van der Waals surface area contributed by atoms with E-state index in [0.29, 0.717) is 25.2 Å². The molecule has 2 amide bonds. The number of aromatic nitrogens is 1. The minimum atomic E-state index is -0.402. The molecule has 1 fully saturated rings. The third-order valence-corrected chi connectivity index (χ3v) is 3.25. The number of hydrogen-bond donors (Lipinski definition) is 2. The molecular weight excluding hydrogens is 244 g/mol. The monoisotopic (exact) mass is 262 g/mol. The summed E-state index contributed by atoms with van der Waals surface area (Å²) in [5.41, 5.74) is 1.19. The molecule has 1 aliphatic heterocycles. The Balaban J connectivity index is 2.24. The molecule has 0 radical (unpaired) electrons. The van der Waals surface area contributed by atoms with Gasteiger partial charge in [0.1, 0.15) is 11.7 Å². The predicted molar refractivity (Wildman–Crippen MR) is 71.9 cm³/mol. The standard InChI is InChI=1S/C13H18N4O2/c1-3-11-12(18)16-6-7-17(11)13(19)10-8-9(14-2)4-5-15-10/h4-5,8,11H,3,6-7H2,1-2H3,(H,14,15)(H,16,18). The van der Waals surface area contributed by atoms with Gasteiger partial charge in [0, 0.05) is 32.0 Å². The van der Waals surface area contributed by atoms with E-state index in [1.54, 1.807) is 30.3 Å². The highest BCUT2D eigenvalue weighted by molar-refractivity contribution is 5.97. The molecule has 6 heteroatoms. The van der Waals surface area contributed by atoms with Gasteiger partial charge in [0.25, 0.3) is 5.91 Å². The summed E-state index contributed by atoms with van der Waals surface area (Å²) in [4.78, 5) is 29.9. The van der Waals surface area contributed by atoms with Gasteiger partial charge in [0.15, 0.2) is 0 Å². The van der Waals surface area contributed by atoms with Crippen molar-refractivity contribution in [2.24, 2.45) is 0 Å². The molecule has 1 saturated heterocycles. The number of nitrogens with zero attached hydrogens (tertiary/aromatic N) is 2. The second kappa shape index (κ2) is 5.69. The number of carbonyl (C=O) groups excluding carboxylic acids is 2. The van der Waals surface area contributed by atoms with Crippen LogP contribution in [0.4, 0.5) is 5.69 Å². The maximum Gasteiger partial charge on any atom is 0.273 e. The maximum absolute atomic E-state index is 12.4. The van der Waals surface area contributed by atoms with E-state index < -0.39 is 6.04 Å².